The van der Waals surface area contributed by atoms with Gasteiger partial charge in [0.2, 0.25) is 0 Å². The molecular formula is C8H9NO3. The normalized spacial score (nSPS) is 9.75. The Labute approximate surface area is 69.2 Å². The molecule has 2 N–H and O–H groups in total. The Hall–Kier alpha value is -1.58. The second-order valence-electron chi connectivity index (χ2n) is 2.38. The molecule has 0 aliphatic heterocycles. The molecule has 1 rings (SSSR count). The van der Waals surface area contributed by atoms with E-state index in [9.17, 15) is 9.59 Å². The molecule has 0 bridgehead atoms. The van der Waals surface area contributed by atoms with Gasteiger partial charge in [0.05, 0.1) is 0 Å². The topological polar surface area (TPSA) is 70.2 Å². The summed E-state index contributed by atoms with van der Waals surface area (Å²) in [5.41, 5.74) is 0.474. The lowest BCUT2D eigenvalue weighted by molar-refractivity contribution is 0.0691. The van der Waals surface area contributed by atoms with Crippen molar-refractivity contribution in [1.82, 2.24) is 4.98 Å². The first kappa shape index (κ1) is 8.52. The molecule has 0 aliphatic rings. The SMILES string of the molecule is CCC(=O)c1c[nH]c(C(=O)O)c1. The van der Waals surface area contributed by atoms with Crippen molar-refractivity contribution in [2.24, 2.45) is 0 Å². The summed E-state index contributed by atoms with van der Waals surface area (Å²) < 4.78 is 0. The number of H-pyrrole nitrogens is 1. The van der Waals surface area contributed by atoms with Crippen molar-refractivity contribution in [2.45, 2.75) is 13.3 Å². The number of carboxylic acid groups (broad SMARTS) is 1. The van der Waals surface area contributed by atoms with Crippen molar-refractivity contribution in [3.8, 4) is 0 Å². The summed E-state index contributed by atoms with van der Waals surface area (Å²) in [6, 6.07) is 1.34. The van der Waals surface area contributed by atoms with Crippen LogP contribution in [0, 0.1) is 0 Å². The summed E-state index contributed by atoms with van der Waals surface area (Å²) in [4.78, 5) is 23.9. The molecule has 1 heterocycles. The highest BCUT2D eigenvalue weighted by Crippen LogP contribution is 2.05. The number of ketones is 1. The van der Waals surface area contributed by atoms with Crippen LogP contribution in [0.1, 0.15) is 34.2 Å². The predicted molar refractivity (Wildman–Crippen MR) is 42.4 cm³/mol. The minimum atomic E-state index is -1.05. The van der Waals surface area contributed by atoms with Crippen molar-refractivity contribution in [3.63, 3.8) is 0 Å². The first-order valence-electron chi connectivity index (χ1n) is 3.60. The molecule has 4 nitrogen and oxygen atoms in total. The van der Waals surface area contributed by atoms with Gasteiger partial charge in [-0.05, 0) is 6.07 Å². The van der Waals surface area contributed by atoms with E-state index in [1.54, 1.807) is 6.92 Å². The fourth-order valence-corrected chi connectivity index (χ4v) is 0.883. The summed E-state index contributed by atoms with van der Waals surface area (Å²) in [5.74, 6) is -1.11. The number of nitrogens with one attached hydrogen (secondary N) is 1. The van der Waals surface area contributed by atoms with Crippen molar-refractivity contribution < 1.29 is 14.7 Å². The Kier molecular flexibility index (Phi) is 2.28. The molecule has 0 radical (unpaired) electrons. The molecule has 0 saturated heterocycles. The molecule has 1 aromatic heterocycles. The third-order valence-electron chi connectivity index (χ3n) is 1.56. The third kappa shape index (κ3) is 1.53. The molecule has 0 aliphatic carbocycles. The lowest BCUT2D eigenvalue weighted by Gasteiger charge is -1.87. The minimum Gasteiger partial charge on any atom is -0.477 e. The van der Waals surface area contributed by atoms with Crippen LogP contribution in [0.5, 0.6) is 0 Å². The maximum atomic E-state index is 11.0. The van der Waals surface area contributed by atoms with Crippen LogP contribution in [0.15, 0.2) is 12.3 Å². The fourth-order valence-electron chi connectivity index (χ4n) is 0.883. The van der Waals surface area contributed by atoms with Gasteiger partial charge < -0.3 is 10.1 Å². The summed E-state index contributed by atoms with van der Waals surface area (Å²) >= 11 is 0. The van der Waals surface area contributed by atoms with Crippen LogP contribution in [0.2, 0.25) is 0 Å². The predicted octanol–water partition coefficient (Wildman–Crippen LogP) is 1.31. The molecule has 12 heavy (non-hydrogen) atoms. The first-order chi connectivity index (χ1) is 5.65. The summed E-state index contributed by atoms with van der Waals surface area (Å²) in [6.07, 6.45) is 1.80. The largest absolute Gasteiger partial charge is 0.477 e. The van der Waals surface area contributed by atoms with Gasteiger partial charge in [0.25, 0.3) is 0 Å². The zero-order chi connectivity index (χ0) is 9.14. The molecule has 64 valence electrons. The van der Waals surface area contributed by atoms with Gasteiger partial charge in [-0.2, -0.15) is 0 Å². The molecule has 0 amide bonds. The van der Waals surface area contributed by atoms with Gasteiger partial charge >= 0.3 is 5.97 Å². The fraction of sp³-hybridized carbons (Fsp3) is 0.250. The first-order valence-corrected chi connectivity index (χ1v) is 3.60. The zero-order valence-corrected chi connectivity index (χ0v) is 6.63. The van der Waals surface area contributed by atoms with E-state index in [0.717, 1.165) is 0 Å². The highest BCUT2D eigenvalue weighted by Gasteiger charge is 2.09. The lowest BCUT2D eigenvalue weighted by atomic mass is 10.2. The molecule has 1 aromatic rings. The van der Waals surface area contributed by atoms with Crippen LogP contribution < -0.4 is 0 Å². The summed E-state index contributed by atoms with van der Waals surface area (Å²) in [5, 5.41) is 8.51. The number of Topliss-reactive ketones (excluding diaryl/α,β-unsaturated/α-hetero) is 1. The van der Waals surface area contributed by atoms with E-state index in [1.807, 2.05) is 0 Å². The number of hydrogen-bond acceptors (Lipinski definition) is 2. The Morgan fingerprint density at radius 3 is 2.67 bits per heavy atom. The summed E-state index contributed by atoms with van der Waals surface area (Å²) in [6.45, 7) is 1.73. The molecule has 4 heteroatoms. The minimum absolute atomic E-state index is 0.0480. The summed E-state index contributed by atoms with van der Waals surface area (Å²) in [7, 11) is 0. The highest BCUT2D eigenvalue weighted by molar-refractivity contribution is 5.98. The van der Waals surface area contributed by atoms with E-state index in [-0.39, 0.29) is 11.5 Å². The number of carbonyl (C=O) groups excluding carboxylic acids is 1. The number of aromatic carboxylic acids is 1. The number of hydrogen-bond donors (Lipinski definition) is 2. The van der Waals surface area contributed by atoms with Crippen molar-refractivity contribution >= 4 is 11.8 Å². The van der Waals surface area contributed by atoms with Gasteiger partial charge in [-0.1, -0.05) is 6.92 Å². The van der Waals surface area contributed by atoms with Crippen LogP contribution in [-0.2, 0) is 0 Å². The number of aromatic nitrogens is 1. The van der Waals surface area contributed by atoms with Gasteiger partial charge in [0.1, 0.15) is 5.69 Å². The van der Waals surface area contributed by atoms with Crippen LogP contribution in [0.3, 0.4) is 0 Å². The second kappa shape index (κ2) is 3.21. The van der Waals surface area contributed by atoms with Crippen molar-refractivity contribution in [3.05, 3.63) is 23.5 Å². The van der Waals surface area contributed by atoms with Gasteiger partial charge in [-0.3, -0.25) is 4.79 Å². The van der Waals surface area contributed by atoms with E-state index < -0.39 is 5.97 Å². The lowest BCUT2D eigenvalue weighted by Crippen LogP contribution is -1.96. The molecular weight excluding hydrogens is 158 g/mol. The molecule has 0 unspecified atom stereocenters. The number of aromatic amines is 1. The van der Waals surface area contributed by atoms with Gasteiger partial charge in [-0.15, -0.1) is 0 Å². The van der Waals surface area contributed by atoms with Gasteiger partial charge in [0.15, 0.2) is 5.78 Å². The number of rotatable bonds is 3. The number of carboxylic acids is 1. The molecule has 0 aromatic carbocycles. The maximum Gasteiger partial charge on any atom is 0.352 e. The van der Waals surface area contributed by atoms with Crippen LogP contribution >= 0.6 is 0 Å². The molecule has 0 fully saturated rings. The molecule has 0 spiro atoms. The smallest absolute Gasteiger partial charge is 0.352 e. The van der Waals surface area contributed by atoms with E-state index in [2.05, 4.69) is 4.98 Å². The van der Waals surface area contributed by atoms with E-state index in [4.69, 9.17) is 5.11 Å². The Bertz CT molecular complexity index is 314. The van der Waals surface area contributed by atoms with Gasteiger partial charge in [-0.25, -0.2) is 4.79 Å². The molecule has 0 saturated carbocycles. The molecule has 0 atom stereocenters. The van der Waals surface area contributed by atoms with E-state index >= 15 is 0 Å². The standard InChI is InChI=1S/C8H9NO3/c1-2-7(10)5-3-6(8(11)12)9-4-5/h3-4,9H,2H2,1H3,(H,11,12). The monoisotopic (exact) mass is 167 g/mol. The van der Waals surface area contributed by atoms with Gasteiger partial charge in [0, 0.05) is 18.2 Å². The Morgan fingerprint density at radius 1 is 1.58 bits per heavy atom. The van der Waals surface area contributed by atoms with Crippen LogP contribution in [-0.4, -0.2) is 21.8 Å². The average Bonchev–Trinajstić information content (AvgIpc) is 2.51. The Balaban J connectivity index is 2.91. The second-order valence-corrected chi connectivity index (χ2v) is 2.38. The third-order valence-corrected chi connectivity index (χ3v) is 1.56. The van der Waals surface area contributed by atoms with E-state index in [0.29, 0.717) is 12.0 Å². The highest BCUT2D eigenvalue weighted by atomic mass is 16.4. The quantitative estimate of drug-likeness (QED) is 0.666. The van der Waals surface area contributed by atoms with E-state index in [1.165, 1.54) is 12.3 Å². The van der Waals surface area contributed by atoms with Crippen LogP contribution in [0.4, 0.5) is 0 Å². The van der Waals surface area contributed by atoms with Crippen molar-refractivity contribution in [2.75, 3.05) is 0 Å². The van der Waals surface area contributed by atoms with Crippen LogP contribution in [0.25, 0.3) is 0 Å². The average molecular weight is 167 g/mol. The maximum absolute atomic E-state index is 11.0. The van der Waals surface area contributed by atoms with Crippen molar-refractivity contribution in [1.29, 1.82) is 0 Å². The zero-order valence-electron chi connectivity index (χ0n) is 6.63. The number of carbonyl (C=O) groups is 2. The Morgan fingerprint density at radius 2 is 2.25 bits per heavy atom.